The van der Waals surface area contributed by atoms with Crippen molar-refractivity contribution < 1.29 is 47.9 Å². The van der Waals surface area contributed by atoms with Crippen LogP contribution in [0.15, 0.2) is 41.9 Å². The number of nitrogens with one attached hydrogen (secondary N) is 2. The molecule has 2 aromatic carbocycles. The number of halogens is 1. The van der Waals surface area contributed by atoms with Crippen molar-refractivity contribution in [3.05, 3.63) is 75.0 Å². The molecule has 0 bridgehead atoms. The number of hydrogen-bond donors (Lipinski definition) is 6. The smallest absolute Gasteiger partial charge is 0.534 e. The maximum Gasteiger partial charge on any atom is 0.547 e. The number of hydrogen-bond acceptors (Lipinski definition) is 8. The number of benzene rings is 2. The second-order valence-corrected chi connectivity index (χ2v) is 10.8. The SMILES string of the molecule is Cc1ncsc1C(=O)N[C@@H](C(=O)N[C@H]1Cc2cccc(C(=O)O)c2OB1O)c1ccc(P(=O)(O)O)c(F)c1. The summed E-state index contributed by atoms with van der Waals surface area (Å²) in [6.45, 7) is 1.58. The lowest BCUT2D eigenvalue weighted by Crippen LogP contribution is -2.55. The second-order valence-electron chi connectivity index (χ2n) is 8.35. The molecule has 4 rings (SSSR count). The number of carbonyl (C=O) groups excluding carboxylic acids is 2. The first-order valence-electron chi connectivity index (χ1n) is 10.9. The van der Waals surface area contributed by atoms with Gasteiger partial charge in [-0.3, -0.25) is 14.2 Å². The number of carbonyl (C=O) groups is 3. The molecule has 0 saturated carbocycles. The summed E-state index contributed by atoms with van der Waals surface area (Å²) in [6, 6.07) is 5.42. The van der Waals surface area contributed by atoms with Crippen LogP contribution < -0.4 is 20.6 Å². The van der Waals surface area contributed by atoms with Crippen LogP contribution in [0.1, 0.15) is 42.9 Å². The summed E-state index contributed by atoms with van der Waals surface area (Å²) in [7, 11) is -6.60. The van der Waals surface area contributed by atoms with Gasteiger partial charge in [-0.15, -0.1) is 11.3 Å². The number of aryl methyl sites for hydroxylation is 1. The highest BCUT2D eigenvalue weighted by Gasteiger charge is 2.39. The van der Waals surface area contributed by atoms with E-state index in [4.69, 9.17) is 4.65 Å². The summed E-state index contributed by atoms with van der Waals surface area (Å²) in [5.74, 6) is -5.27. The van der Waals surface area contributed by atoms with Crippen LogP contribution in [0, 0.1) is 12.7 Å². The Morgan fingerprint density at radius 3 is 2.61 bits per heavy atom. The molecule has 0 saturated heterocycles. The molecule has 3 aromatic rings. The van der Waals surface area contributed by atoms with Crippen molar-refractivity contribution in [3.63, 3.8) is 0 Å². The predicted octanol–water partition coefficient (Wildman–Crippen LogP) is 0.703. The zero-order valence-electron chi connectivity index (χ0n) is 19.5. The number of amides is 2. The Morgan fingerprint density at radius 2 is 2.00 bits per heavy atom. The van der Waals surface area contributed by atoms with Gasteiger partial charge in [-0.05, 0) is 42.7 Å². The Morgan fingerprint density at radius 1 is 1.26 bits per heavy atom. The zero-order chi connectivity index (χ0) is 27.8. The Hall–Kier alpha value is -3.62. The van der Waals surface area contributed by atoms with Gasteiger partial charge in [0.15, 0.2) is 0 Å². The third-order valence-electron chi connectivity index (χ3n) is 5.79. The first-order valence-corrected chi connectivity index (χ1v) is 13.4. The summed E-state index contributed by atoms with van der Waals surface area (Å²) >= 11 is 1.01. The normalized spacial score (nSPS) is 15.7. The highest BCUT2D eigenvalue weighted by molar-refractivity contribution is 7.60. The van der Waals surface area contributed by atoms with Gasteiger partial charge in [-0.25, -0.2) is 14.2 Å². The number of nitrogens with zero attached hydrogens (tertiary/aromatic N) is 1. The number of aromatic nitrogens is 1. The molecule has 198 valence electrons. The van der Waals surface area contributed by atoms with Crippen LogP contribution in [0.5, 0.6) is 5.75 Å². The zero-order valence-corrected chi connectivity index (χ0v) is 21.2. The van der Waals surface area contributed by atoms with E-state index in [2.05, 4.69) is 15.6 Å². The van der Waals surface area contributed by atoms with E-state index >= 15 is 0 Å². The Kier molecular flexibility index (Phi) is 7.67. The van der Waals surface area contributed by atoms with Gasteiger partial charge in [0, 0.05) is 0 Å². The molecule has 2 heterocycles. The van der Waals surface area contributed by atoms with Crippen LogP contribution in [0.2, 0.25) is 0 Å². The lowest BCUT2D eigenvalue weighted by Gasteiger charge is -2.30. The van der Waals surface area contributed by atoms with Crippen LogP contribution >= 0.6 is 18.9 Å². The van der Waals surface area contributed by atoms with Crippen molar-refractivity contribution >= 4 is 49.1 Å². The van der Waals surface area contributed by atoms with Gasteiger partial charge in [-0.1, -0.05) is 18.2 Å². The average Bonchev–Trinajstić information content (AvgIpc) is 3.27. The van der Waals surface area contributed by atoms with E-state index in [-0.39, 0.29) is 28.2 Å². The van der Waals surface area contributed by atoms with Crippen molar-refractivity contribution in [2.24, 2.45) is 0 Å². The molecule has 0 spiro atoms. The topological polar surface area (TPSA) is 195 Å². The number of carboxylic acids is 1. The van der Waals surface area contributed by atoms with E-state index in [1.54, 1.807) is 13.0 Å². The molecule has 2 amide bonds. The van der Waals surface area contributed by atoms with E-state index < -0.39 is 55.6 Å². The molecule has 1 aliphatic rings. The van der Waals surface area contributed by atoms with Crippen molar-refractivity contribution in [3.8, 4) is 5.75 Å². The fraction of sp³-hybridized carbons (Fsp3) is 0.182. The summed E-state index contributed by atoms with van der Waals surface area (Å²) in [4.78, 5) is 60.5. The molecule has 6 N–H and O–H groups in total. The van der Waals surface area contributed by atoms with E-state index in [1.807, 2.05) is 0 Å². The fourth-order valence-electron chi connectivity index (χ4n) is 3.94. The van der Waals surface area contributed by atoms with Crippen molar-refractivity contribution in [1.29, 1.82) is 0 Å². The Bertz CT molecular complexity index is 1480. The second kappa shape index (κ2) is 10.6. The van der Waals surface area contributed by atoms with Crippen LogP contribution in [-0.2, 0) is 15.8 Å². The highest BCUT2D eigenvalue weighted by atomic mass is 32.1. The number of fused-ring (bicyclic) bond motifs is 1. The molecule has 38 heavy (non-hydrogen) atoms. The summed E-state index contributed by atoms with van der Waals surface area (Å²) in [5, 5.41) is 24.0. The van der Waals surface area contributed by atoms with E-state index in [0.717, 1.165) is 29.5 Å². The van der Waals surface area contributed by atoms with Crippen molar-refractivity contribution in [1.82, 2.24) is 15.6 Å². The van der Waals surface area contributed by atoms with Gasteiger partial charge >= 0.3 is 20.7 Å². The number of rotatable bonds is 7. The first kappa shape index (κ1) is 27.4. The Balaban J connectivity index is 1.64. The molecular formula is C22H20BFN3O9PS. The van der Waals surface area contributed by atoms with Crippen LogP contribution in [0.4, 0.5) is 4.39 Å². The van der Waals surface area contributed by atoms with E-state index in [1.165, 1.54) is 17.6 Å². The molecular weight excluding hydrogens is 543 g/mol. The largest absolute Gasteiger partial charge is 0.547 e. The minimum Gasteiger partial charge on any atom is -0.534 e. The van der Waals surface area contributed by atoms with Crippen molar-refractivity contribution in [2.75, 3.05) is 0 Å². The van der Waals surface area contributed by atoms with E-state index in [9.17, 15) is 43.3 Å². The van der Waals surface area contributed by atoms with Gasteiger partial charge in [0.25, 0.3) is 5.91 Å². The highest BCUT2D eigenvalue weighted by Crippen LogP contribution is 2.35. The average molecular weight is 563 g/mol. The summed E-state index contributed by atoms with van der Waals surface area (Å²) < 4.78 is 31.5. The lowest BCUT2D eigenvalue weighted by molar-refractivity contribution is -0.123. The molecule has 2 atom stereocenters. The third-order valence-corrected chi connectivity index (χ3v) is 7.70. The lowest BCUT2D eigenvalue weighted by atomic mass is 9.72. The van der Waals surface area contributed by atoms with Gasteiger partial charge in [-0.2, -0.15) is 0 Å². The molecule has 12 nitrogen and oxygen atoms in total. The van der Waals surface area contributed by atoms with Crippen LogP contribution in [-0.4, -0.2) is 55.7 Å². The Labute approximate surface area is 218 Å². The quantitative estimate of drug-likeness (QED) is 0.176. The van der Waals surface area contributed by atoms with Gasteiger partial charge in [0.05, 0.1) is 28.0 Å². The third kappa shape index (κ3) is 5.61. The molecule has 0 aliphatic carbocycles. The monoisotopic (exact) mass is 563 g/mol. The van der Waals surface area contributed by atoms with Gasteiger partial charge < -0.3 is 35.2 Å². The minimum absolute atomic E-state index is 0.0243. The van der Waals surface area contributed by atoms with E-state index in [0.29, 0.717) is 11.3 Å². The molecule has 1 aromatic heterocycles. The molecule has 16 heteroatoms. The summed E-state index contributed by atoms with van der Waals surface area (Å²) in [5.41, 5.74) is 1.91. The van der Waals surface area contributed by atoms with Crippen molar-refractivity contribution in [2.45, 2.75) is 25.3 Å². The molecule has 0 unspecified atom stereocenters. The van der Waals surface area contributed by atoms with Crippen LogP contribution in [0.3, 0.4) is 0 Å². The fourth-order valence-corrected chi connectivity index (χ4v) is 5.25. The predicted molar refractivity (Wildman–Crippen MR) is 133 cm³/mol. The maximum absolute atomic E-state index is 14.6. The maximum atomic E-state index is 14.6. The number of thiazole rings is 1. The molecule has 0 fully saturated rings. The van der Waals surface area contributed by atoms with Gasteiger partial charge in [0.2, 0.25) is 5.91 Å². The van der Waals surface area contributed by atoms with Crippen LogP contribution in [0.25, 0.3) is 0 Å². The summed E-state index contributed by atoms with van der Waals surface area (Å²) in [6.07, 6.45) is -0.0243. The standard InChI is InChI=1S/C22H20BFN3O9PS/c1-10-19(38-9-25-10)21(29)27-17(11-5-6-15(14(24)7-11)37(33,34)35)20(28)26-16-8-12-3-2-4-13(22(30)31)18(12)36-23(16)32/h2-7,9,16-17,32H,8H2,1H3,(H,26,28)(H,27,29)(H,30,31)(H2,33,34,35)/t16-,17+/m0/s1. The molecule has 1 aliphatic heterocycles. The first-order chi connectivity index (χ1) is 17.9. The number of carboxylic acid groups (broad SMARTS) is 1. The van der Waals surface area contributed by atoms with Gasteiger partial charge in [0.1, 0.15) is 22.5 Å². The number of aromatic carboxylic acids is 1. The minimum atomic E-state index is -4.94. The molecule has 0 radical (unpaired) electrons. The number of para-hydroxylation sites is 1.